The number of rotatable bonds is 6. The fourth-order valence-corrected chi connectivity index (χ4v) is 2.51. The fraction of sp³-hybridized carbons (Fsp3) is 0.250. The van der Waals surface area contributed by atoms with Crippen molar-refractivity contribution < 1.29 is 4.92 Å². The summed E-state index contributed by atoms with van der Waals surface area (Å²) in [6.07, 6.45) is 0.766. The summed E-state index contributed by atoms with van der Waals surface area (Å²) in [5.41, 5.74) is 3.50. The van der Waals surface area contributed by atoms with Gasteiger partial charge in [-0.2, -0.15) is 11.3 Å². The minimum Gasteiger partial charge on any atom is -0.361 e. The van der Waals surface area contributed by atoms with Gasteiger partial charge >= 0.3 is 5.69 Å². The summed E-state index contributed by atoms with van der Waals surface area (Å²) in [5.74, 6) is 5.87. The third kappa shape index (κ3) is 3.43. The molecule has 0 bridgehead atoms. The van der Waals surface area contributed by atoms with Crippen LogP contribution in [0.3, 0.4) is 0 Å². The average Bonchev–Trinajstić information content (AvgIpc) is 2.90. The predicted molar refractivity (Wildman–Crippen MR) is 79.8 cm³/mol. The maximum Gasteiger partial charge on any atom is 0.311 e. The van der Waals surface area contributed by atoms with Crippen molar-refractivity contribution >= 4 is 28.7 Å². The molecule has 2 rings (SSSR count). The van der Waals surface area contributed by atoms with Gasteiger partial charge < -0.3 is 10.7 Å². The summed E-state index contributed by atoms with van der Waals surface area (Å²) in [5, 5.41) is 18.1. The van der Waals surface area contributed by atoms with E-state index in [1.807, 2.05) is 18.4 Å². The molecule has 0 aliphatic rings. The van der Waals surface area contributed by atoms with Crippen LogP contribution in [0.25, 0.3) is 0 Å². The maximum atomic E-state index is 11.0. The number of nitro groups is 1. The molecular formula is C12H15N5O2S. The lowest BCUT2D eigenvalue weighted by Crippen LogP contribution is -2.20. The van der Waals surface area contributed by atoms with Crippen LogP contribution >= 0.6 is 11.3 Å². The second-order valence-electron chi connectivity index (χ2n) is 4.35. The topological polar surface area (TPSA) is 106 Å². The van der Waals surface area contributed by atoms with E-state index in [9.17, 15) is 10.1 Å². The molecule has 0 fully saturated rings. The standard InChI is InChI=1S/C12H15N5O2S/c1-8(6-9-4-5-20-7-9)14-12-10(17(18)19)2-3-11(15-12)16-13/h2-5,7-8H,6,13H2,1H3,(H2,14,15,16). The Hall–Kier alpha value is -2.19. The first kappa shape index (κ1) is 14.2. The lowest BCUT2D eigenvalue weighted by Gasteiger charge is -2.14. The Balaban J connectivity index is 2.16. The second-order valence-corrected chi connectivity index (χ2v) is 5.13. The maximum absolute atomic E-state index is 11.0. The third-order valence-electron chi connectivity index (χ3n) is 2.72. The second kappa shape index (κ2) is 6.31. The van der Waals surface area contributed by atoms with Crippen molar-refractivity contribution in [3.63, 3.8) is 0 Å². The predicted octanol–water partition coefficient (Wildman–Crippen LogP) is 2.38. The summed E-state index contributed by atoms with van der Waals surface area (Å²) in [6.45, 7) is 1.95. The largest absolute Gasteiger partial charge is 0.361 e. The number of nitrogens with one attached hydrogen (secondary N) is 2. The lowest BCUT2D eigenvalue weighted by atomic mass is 10.1. The highest BCUT2D eigenvalue weighted by molar-refractivity contribution is 7.07. The first-order valence-electron chi connectivity index (χ1n) is 6.00. The highest BCUT2D eigenvalue weighted by atomic mass is 32.1. The molecule has 2 aromatic heterocycles. The first-order chi connectivity index (χ1) is 9.60. The Labute approximate surface area is 120 Å². The summed E-state index contributed by atoms with van der Waals surface area (Å²) in [4.78, 5) is 14.6. The van der Waals surface area contributed by atoms with Gasteiger partial charge in [-0.1, -0.05) is 0 Å². The lowest BCUT2D eigenvalue weighted by molar-refractivity contribution is -0.384. The van der Waals surface area contributed by atoms with Gasteiger partial charge in [-0.3, -0.25) is 10.1 Å². The van der Waals surface area contributed by atoms with Crippen molar-refractivity contribution in [3.8, 4) is 0 Å². The molecule has 1 atom stereocenters. The molecule has 0 radical (unpaired) electrons. The monoisotopic (exact) mass is 293 g/mol. The number of nitrogen functional groups attached to an aromatic ring is 1. The molecule has 0 saturated carbocycles. The summed E-state index contributed by atoms with van der Waals surface area (Å²) >= 11 is 1.62. The Morgan fingerprint density at radius 2 is 2.30 bits per heavy atom. The number of hydrazine groups is 1. The van der Waals surface area contributed by atoms with E-state index in [1.54, 1.807) is 11.3 Å². The van der Waals surface area contributed by atoms with Gasteiger partial charge in [-0.05, 0) is 41.8 Å². The smallest absolute Gasteiger partial charge is 0.311 e. The van der Waals surface area contributed by atoms with Crippen LogP contribution in [0.5, 0.6) is 0 Å². The Bertz CT molecular complexity index is 588. The third-order valence-corrected chi connectivity index (χ3v) is 3.46. The average molecular weight is 293 g/mol. The summed E-state index contributed by atoms with van der Waals surface area (Å²) in [6, 6.07) is 4.89. The van der Waals surface area contributed by atoms with Crippen LogP contribution in [0.15, 0.2) is 29.0 Å². The van der Waals surface area contributed by atoms with Gasteiger partial charge in [0, 0.05) is 12.1 Å². The van der Waals surface area contributed by atoms with E-state index < -0.39 is 4.92 Å². The summed E-state index contributed by atoms with van der Waals surface area (Å²) in [7, 11) is 0. The van der Waals surface area contributed by atoms with Crippen LogP contribution in [-0.4, -0.2) is 15.9 Å². The van der Waals surface area contributed by atoms with Gasteiger partial charge in [0.25, 0.3) is 0 Å². The quantitative estimate of drug-likeness (QED) is 0.429. The highest BCUT2D eigenvalue weighted by Crippen LogP contribution is 2.25. The van der Waals surface area contributed by atoms with E-state index in [1.165, 1.54) is 17.7 Å². The zero-order valence-electron chi connectivity index (χ0n) is 10.9. The van der Waals surface area contributed by atoms with Gasteiger partial charge in [0.1, 0.15) is 5.82 Å². The number of nitrogens with two attached hydrogens (primary N) is 1. The van der Waals surface area contributed by atoms with Crippen LogP contribution in [0.2, 0.25) is 0 Å². The van der Waals surface area contributed by atoms with Gasteiger partial charge in [-0.15, -0.1) is 0 Å². The number of thiophene rings is 1. The molecule has 0 aliphatic carbocycles. The number of hydrogen-bond acceptors (Lipinski definition) is 7. The summed E-state index contributed by atoms with van der Waals surface area (Å²) < 4.78 is 0. The molecule has 106 valence electrons. The van der Waals surface area contributed by atoms with E-state index in [0.29, 0.717) is 5.82 Å². The fourth-order valence-electron chi connectivity index (χ4n) is 1.83. The zero-order chi connectivity index (χ0) is 14.5. The van der Waals surface area contributed by atoms with E-state index in [0.717, 1.165) is 6.42 Å². The molecule has 7 nitrogen and oxygen atoms in total. The minimum atomic E-state index is -0.465. The van der Waals surface area contributed by atoms with Crippen molar-refractivity contribution in [1.82, 2.24) is 4.98 Å². The molecule has 2 heterocycles. The van der Waals surface area contributed by atoms with Crippen LogP contribution in [0.1, 0.15) is 12.5 Å². The zero-order valence-corrected chi connectivity index (χ0v) is 11.7. The van der Waals surface area contributed by atoms with Crippen molar-refractivity contribution in [2.45, 2.75) is 19.4 Å². The molecule has 0 spiro atoms. The Morgan fingerprint density at radius 1 is 1.50 bits per heavy atom. The molecule has 4 N–H and O–H groups in total. The molecule has 0 aromatic carbocycles. The first-order valence-corrected chi connectivity index (χ1v) is 6.94. The Kier molecular flexibility index (Phi) is 4.49. The SMILES string of the molecule is CC(Cc1ccsc1)Nc1nc(NN)ccc1[N+](=O)[O-]. The van der Waals surface area contributed by atoms with Crippen molar-refractivity contribution in [2.75, 3.05) is 10.7 Å². The van der Waals surface area contributed by atoms with Crippen LogP contribution < -0.4 is 16.6 Å². The Morgan fingerprint density at radius 3 is 2.90 bits per heavy atom. The molecule has 20 heavy (non-hydrogen) atoms. The minimum absolute atomic E-state index is 0.0174. The molecular weight excluding hydrogens is 278 g/mol. The van der Waals surface area contributed by atoms with E-state index >= 15 is 0 Å². The van der Waals surface area contributed by atoms with Crippen LogP contribution in [-0.2, 0) is 6.42 Å². The van der Waals surface area contributed by atoms with Gasteiger partial charge in [-0.25, -0.2) is 10.8 Å². The molecule has 8 heteroatoms. The number of nitrogens with zero attached hydrogens (tertiary/aromatic N) is 2. The van der Waals surface area contributed by atoms with Gasteiger partial charge in [0.05, 0.1) is 4.92 Å². The van der Waals surface area contributed by atoms with E-state index in [4.69, 9.17) is 5.84 Å². The normalized spacial score (nSPS) is 11.9. The van der Waals surface area contributed by atoms with E-state index in [-0.39, 0.29) is 17.5 Å². The van der Waals surface area contributed by atoms with Crippen LogP contribution in [0, 0.1) is 10.1 Å². The number of hydrogen-bond donors (Lipinski definition) is 3. The molecule has 2 aromatic rings. The molecule has 1 unspecified atom stereocenters. The van der Waals surface area contributed by atoms with Crippen LogP contribution in [0.4, 0.5) is 17.3 Å². The number of aromatic nitrogens is 1. The number of anilines is 2. The molecule has 0 aliphatic heterocycles. The van der Waals surface area contributed by atoms with Crippen molar-refractivity contribution in [3.05, 3.63) is 44.6 Å². The van der Waals surface area contributed by atoms with Crippen molar-refractivity contribution in [2.24, 2.45) is 5.84 Å². The van der Waals surface area contributed by atoms with E-state index in [2.05, 4.69) is 21.1 Å². The molecule has 0 saturated heterocycles. The highest BCUT2D eigenvalue weighted by Gasteiger charge is 2.17. The van der Waals surface area contributed by atoms with Crippen molar-refractivity contribution in [1.29, 1.82) is 0 Å². The molecule has 0 amide bonds. The van der Waals surface area contributed by atoms with Gasteiger partial charge in [0.2, 0.25) is 5.82 Å². The van der Waals surface area contributed by atoms with Gasteiger partial charge in [0.15, 0.2) is 0 Å². The number of pyridine rings is 1.